The number of aromatic amines is 1. The summed E-state index contributed by atoms with van der Waals surface area (Å²) in [6.45, 7) is 0.609. The van der Waals surface area contributed by atoms with Crippen molar-refractivity contribution in [2.75, 3.05) is 19.6 Å². The van der Waals surface area contributed by atoms with E-state index in [0.717, 1.165) is 23.2 Å². The molecule has 1 atom stereocenters. The molecule has 3 heterocycles. The number of fused-ring (bicyclic) bond motifs is 2. The number of H-pyrrole nitrogens is 1. The molecule has 1 saturated heterocycles. The number of halogens is 4. The summed E-state index contributed by atoms with van der Waals surface area (Å²) in [5, 5.41) is 10.3. The molecule has 3 aromatic rings. The van der Waals surface area contributed by atoms with E-state index in [4.69, 9.17) is 4.74 Å². The number of hydrogen-bond donors (Lipinski definition) is 1. The van der Waals surface area contributed by atoms with Gasteiger partial charge < -0.3 is 19.3 Å². The second-order valence-corrected chi connectivity index (χ2v) is 8.15. The highest BCUT2D eigenvalue weighted by molar-refractivity contribution is 5.98. The molecule has 0 radical (unpaired) electrons. The molecule has 1 N–H and O–H groups in total. The van der Waals surface area contributed by atoms with Gasteiger partial charge in [-0.1, -0.05) is 11.3 Å². The minimum absolute atomic E-state index is 0.0557. The Hall–Kier alpha value is -4.16. The summed E-state index contributed by atoms with van der Waals surface area (Å²) in [7, 11) is 0. The fraction of sp³-hybridized carbons (Fsp3) is 0.273. The summed E-state index contributed by atoms with van der Waals surface area (Å²) in [6, 6.07) is 7.90. The number of alkyl halides is 3. The summed E-state index contributed by atoms with van der Waals surface area (Å²) in [4.78, 5) is 28.4. The Labute approximate surface area is 194 Å². The van der Waals surface area contributed by atoms with Gasteiger partial charge in [-0.25, -0.2) is 9.18 Å². The van der Waals surface area contributed by atoms with Crippen molar-refractivity contribution >= 4 is 23.0 Å². The lowest BCUT2D eigenvalue weighted by atomic mass is 10.1. The highest BCUT2D eigenvalue weighted by atomic mass is 19.4. The van der Waals surface area contributed by atoms with Gasteiger partial charge in [0.1, 0.15) is 12.1 Å². The normalized spacial score (nSPS) is 17.5. The van der Waals surface area contributed by atoms with Crippen LogP contribution in [0.15, 0.2) is 48.2 Å². The first-order chi connectivity index (χ1) is 16.7. The largest absolute Gasteiger partial charge is 0.573 e. The zero-order chi connectivity index (χ0) is 24.7. The molecular formula is C22H17F4N5O4. The number of likely N-dealkylation sites (tertiary alicyclic amines) is 1. The molecule has 0 unspecified atom stereocenters. The van der Waals surface area contributed by atoms with Crippen molar-refractivity contribution in [3.8, 4) is 5.75 Å². The standard InChI is InChI=1S/C22H17F4N5O4/c23-16-3-1-12(5-19(16)35-22(24,25)26)11-34-21(33)31-9-14-7-30(8-15(14)10-31)20(32)13-2-4-17-18(6-13)28-29-27-17/h1-7,15H,8-11H2,(H,27,28,29)/t15-/m0/s1. The van der Waals surface area contributed by atoms with Gasteiger partial charge in [0.15, 0.2) is 11.6 Å². The zero-order valence-electron chi connectivity index (χ0n) is 17.9. The molecule has 2 amide bonds. The number of benzene rings is 2. The van der Waals surface area contributed by atoms with E-state index in [1.165, 1.54) is 11.0 Å². The van der Waals surface area contributed by atoms with Gasteiger partial charge in [-0.2, -0.15) is 0 Å². The molecule has 182 valence electrons. The first-order valence-electron chi connectivity index (χ1n) is 10.4. The number of aromatic nitrogens is 3. The fourth-order valence-electron chi connectivity index (χ4n) is 4.11. The Kier molecular flexibility index (Phi) is 5.53. The van der Waals surface area contributed by atoms with Crippen LogP contribution in [0.1, 0.15) is 15.9 Å². The van der Waals surface area contributed by atoms with Crippen LogP contribution in [0.5, 0.6) is 5.75 Å². The van der Waals surface area contributed by atoms with Crippen LogP contribution in [0.25, 0.3) is 11.0 Å². The summed E-state index contributed by atoms with van der Waals surface area (Å²) >= 11 is 0. The molecule has 9 nitrogen and oxygen atoms in total. The van der Waals surface area contributed by atoms with Crippen LogP contribution in [-0.4, -0.2) is 63.2 Å². The van der Waals surface area contributed by atoms with E-state index >= 15 is 0 Å². The third kappa shape index (κ3) is 4.74. The molecule has 0 aliphatic carbocycles. The number of ether oxygens (including phenoxy) is 2. The maximum Gasteiger partial charge on any atom is 0.573 e. The number of nitrogens with zero attached hydrogens (tertiary/aromatic N) is 4. The monoisotopic (exact) mass is 491 g/mol. The van der Waals surface area contributed by atoms with Crippen LogP contribution >= 0.6 is 0 Å². The number of amides is 2. The van der Waals surface area contributed by atoms with Crippen molar-refractivity contribution in [1.82, 2.24) is 25.2 Å². The molecule has 13 heteroatoms. The summed E-state index contributed by atoms with van der Waals surface area (Å²) in [5.74, 6) is -2.44. The minimum Gasteiger partial charge on any atom is -0.445 e. The Morgan fingerprint density at radius 1 is 1.14 bits per heavy atom. The van der Waals surface area contributed by atoms with Gasteiger partial charge in [-0.3, -0.25) is 9.89 Å². The summed E-state index contributed by atoms with van der Waals surface area (Å²) in [6.07, 6.45) is -4.00. The topological polar surface area (TPSA) is 101 Å². The second kappa shape index (κ2) is 8.56. The fourth-order valence-corrected chi connectivity index (χ4v) is 4.11. The lowest BCUT2D eigenvalue weighted by Gasteiger charge is -2.20. The van der Waals surface area contributed by atoms with Crippen molar-refractivity contribution in [2.24, 2.45) is 5.92 Å². The molecule has 2 aliphatic rings. The molecule has 2 aliphatic heterocycles. The quantitative estimate of drug-likeness (QED) is 0.560. The van der Waals surface area contributed by atoms with E-state index in [2.05, 4.69) is 20.1 Å². The number of carbonyl (C=O) groups is 2. The molecule has 5 rings (SSSR count). The van der Waals surface area contributed by atoms with Crippen molar-refractivity contribution < 1.29 is 36.6 Å². The van der Waals surface area contributed by atoms with Crippen molar-refractivity contribution in [1.29, 1.82) is 0 Å². The van der Waals surface area contributed by atoms with Gasteiger partial charge in [0.05, 0.1) is 5.52 Å². The number of carbonyl (C=O) groups excluding carboxylic acids is 2. The maximum absolute atomic E-state index is 13.5. The van der Waals surface area contributed by atoms with Gasteiger partial charge in [0.25, 0.3) is 5.91 Å². The van der Waals surface area contributed by atoms with Crippen molar-refractivity contribution in [2.45, 2.75) is 13.0 Å². The molecular weight excluding hydrogens is 474 g/mol. The molecule has 1 fully saturated rings. The first kappa shape index (κ1) is 22.6. The van der Waals surface area contributed by atoms with Gasteiger partial charge in [0, 0.05) is 37.3 Å². The highest BCUT2D eigenvalue weighted by Crippen LogP contribution is 2.31. The average molecular weight is 491 g/mol. The smallest absolute Gasteiger partial charge is 0.445 e. The van der Waals surface area contributed by atoms with Gasteiger partial charge in [0.2, 0.25) is 0 Å². The van der Waals surface area contributed by atoms with E-state index in [-0.39, 0.29) is 30.5 Å². The molecule has 1 aromatic heterocycles. The van der Waals surface area contributed by atoms with E-state index in [1.54, 1.807) is 29.3 Å². The predicted molar refractivity (Wildman–Crippen MR) is 111 cm³/mol. The summed E-state index contributed by atoms with van der Waals surface area (Å²) in [5.41, 5.74) is 2.79. The van der Waals surface area contributed by atoms with E-state index in [9.17, 15) is 27.2 Å². The van der Waals surface area contributed by atoms with Crippen LogP contribution in [-0.2, 0) is 11.3 Å². The van der Waals surface area contributed by atoms with Crippen LogP contribution in [0, 0.1) is 11.7 Å². The van der Waals surface area contributed by atoms with E-state index in [0.29, 0.717) is 24.2 Å². The maximum atomic E-state index is 13.5. The van der Waals surface area contributed by atoms with Crippen molar-refractivity contribution in [3.63, 3.8) is 0 Å². The highest BCUT2D eigenvalue weighted by Gasteiger charge is 2.38. The van der Waals surface area contributed by atoms with Gasteiger partial charge in [-0.15, -0.1) is 18.3 Å². The lowest BCUT2D eigenvalue weighted by Crippen LogP contribution is -2.33. The van der Waals surface area contributed by atoms with Gasteiger partial charge >= 0.3 is 12.5 Å². The predicted octanol–water partition coefficient (Wildman–Crippen LogP) is 3.60. The van der Waals surface area contributed by atoms with Crippen molar-refractivity contribution in [3.05, 3.63) is 65.1 Å². The number of hydrogen-bond acceptors (Lipinski definition) is 6. The Bertz CT molecular complexity index is 1340. The van der Waals surface area contributed by atoms with Gasteiger partial charge in [-0.05, 0) is 41.5 Å². The summed E-state index contributed by atoms with van der Waals surface area (Å²) < 4.78 is 59.5. The lowest BCUT2D eigenvalue weighted by molar-refractivity contribution is -0.275. The van der Waals surface area contributed by atoms with E-state index in [1.807, 2.05) is 0 Å². The molecule has 0 saturated carbocycles. The van der Waals surface area contributed by atoms with Crippen LogP contribution in [0.2, 0.25) is 0 Å². The Morgan fingerprint density at radius 3 is 2.74 bits per heavy atom. The van der Waals surface area contributed by atoms with Crippen LogP contribution in [0.4, 0.5) is 22.4 Å². The Balaban J connectivity index is 1.18. The third-order valence-corrected chi connectivity index (χ3v) is 5.75. The van der Waals surface area contributed by atoms with Crippen LogP contribution in [0.3, 0.4) is 0 Å². The third-order valence-electron chi connectivity index (χ3n) is 5.75. The first-order valence-corrected chi connectivity index (χ1v) is 10.4. The van der Waals surface area contributed by atoms with E-state index < -0.39 is 24.0 Å². The minimum atomic E-state index is -5.05. The number of nitrogens with one attached hydrogen (secondary N) is 1. The SMILES string of the molecule is O=C(c1ccc2[nH]nnc2c1)N1C=C2CN(C(=O)OCc3ccc(F)c(OC(F)(F)F)c3)C[C@@H]2C1. The molecule has 35 heavy (non-hydrogen) atoms. The Morgan fingerprint density at radius 2 is 1.97 bits per heavy atom. The second-order valence-electron chi connectivity index (χ2n) is 8.15. The average Bonchev–Trinajstić information content (AvgIpc) is 3.52. The zero-order valence-corrected chi connectivity index (χ0v) is 17.9. The molecule has 0 spiro atoms. The van der Waals surface area contributed by atoms with Crippen LogP contribution < -0.4 is 4.74 Å². The molecule has 0 bridgehead atoms. The molecule has 2 aromatic carbocycles. The number of rotatable bonds is 4.